The van der Waals surface area contributed by atoms with Crippen molar-refractivity contribution in [1.29, 1.82) is 0 Å². The standard InChI is InChI=1S/C52H32N6.C48H28N6/c1-3-9-33(10-4-1)48-32-49(58-52(57-48)37-11-5-2-6-12-37)35-17-15-34(16-18-35)44-25-23-40-29-38(22-24-45(40)55-44)39-20-19-36-21-26-46(56-47(36)31-39)43-30-41-13-7-27-53-50(41)51-42(43)14-8-28-54-51;1-5-34(26-35(6-1)42-18-15-31-12-11-30-7-2-22-49-45(30)47(31)54-42)40-20-17-36-25-32(16-19-41(36)52-40)33-13-10-29-14-21-43(53-44(29)28-33)39-27-37-8-3-23-50-46(37)48-38(39)9-4-24-51-48/h1-32H;1-28H. The van der Waals surface area contributed by atoms with Crippen molar-refractivity contribution in [2.75, 3.05) is 0 Å². The molecule has 12 heteroatoms. The van der Waals surface area contributed by atoms with Crippen molar-refractivity contribution in [2.45, 2.75) is 0 Å². The van der Waals surface area contributed by atoms with E-state index < -0.39 is 0 Å². The van der Waals surface area contributed by atoms with Crippen LogP contribution in [0.2, 0.25) is 0 Å². The van der Waals surface area contributed by atoms with Crippen molar-refractivity contribution in [2.24, 2.45) is 0 Å². The number of aromatic nitrogens is 12. The van der Waals surface area contributed by atoms with E-state index in [0.717, 1.165) is 216 Å². The summed E-state index contributed by atoms with van der Waals surface area (Å²) < 4.78 is 0. The Bertz CT molecular complexity index is 7470. The van der Waals surface area contributed by atoms with E-state index in [0.29, 0.717) is 5.82 Å². The molecule has 0 spiro atoms. The first-order valence-electron chi connectivity index (χ1n) is 37.2. The van der Waals surface area contributed by atoms with E-state index in [1.807, 2.05) is 110 Å². The monoisotopic (exact) mass is 1430 g/mol. The molecule has 112 heavy (non-hydrogen) atoms. The second-order valence-electron chi connectivity index (χ2n) is 28.0. The molecule has 0 atom stereocenters. The van der Waals surface area contributed by atoms with Crippen molar-refractivity contribution < 1.29 is 0 Å². The van der Waals surface area contributed by atoms with Crippen LogP contribution in [0.3, 0.4) is 0 Å². The van der Waals surface area contributed by atoms with Crippen LogP contribution in [0.4, 0.5) is 0 Å². The van der Waals surface area contributed by atoms with Crippen LogP contribution in [0.15, 0.2) is 365 Å². The zero-order valence-electron chi connectivity index (χ0n) is 60.0. The number of pyridine rings is 10. The Labute approximate surface area is 642 Å². The lowest BCUT2D eigenvalue weighted by atomic mass is 9.99. The number of rotatable bonds is 10. The Morgan fingerprint density at radius 2 is 0.509 bits per heavy atom. The number of nitrogens with zero attached hydrogens (tertiary/aromatic N) is 12. The molecule has 0 amide bonds. The van der Waals surface area contributed by atoms with Crippen LogP contribution in [-0.4, -0.2) is 59.8 Å². The molecule has 0 aliphatic heterocycles. The van der Waals surface area contributed by atoms with E-state index in [-0.39, 0.29) is 0 Å². The molecule has 11 aromatic carbocycles. The van der Waals surface area contributed by atoms with Crippen LogP contribution in [0, 0.1) is 0 Å². The Balaban J connectivity index is 0.000000142. The summed E-state index contributed by atoms with van der Waals surface area (Å²) in [5.41, 5.74) is 28.1. The summed E-state index contributed by atoms with van der Waals surface area (Å²) in [5, 5.41) is 10.7. The molecule has 0 unspecified atom stereocenters. The van der Waals surface area contributed by atoms with Gasteiger partial charge in [-0.1, -0.05) is 212 Å². The molecule has 0 radical (unpaired) electrons. The fourth-order valence-corrected chi connectivity index (χ4v) is 15.4. The summed E-state index contributed by atoms with van der Waals surface area (Å²) in [6.45, 7) is 0. The molecule has 0 aliphatic rings. The molecule has 0 saturated heterocycles. The molecule has 0 aliphatic carbocycles. The highest BCUT2D eigenvalue weighted by Crippen LogP contribution is 2.39. The zero-order chi connectivity index (χ0) is 74.0. The molecule has 520 valence electrons. The van der Waals surface area contributed by atoms with Gasteiger partial charge in [0.1, 0.15) is 0 Å². The van der Waals surface area contributed by atoms with E-state index in [2.05, 4.69) is 270 Å². The first-order chi connectivity index (χ1) is 55.4. The van der Waals surface area contributed by atoms with Crippen molar-refractivity contribution in [3.63, 3.8) is 0 Å². The molecule has 11 aromatic heterocycles. The number of hydrogen-bond donors (Lipinski definition) is 0. The Morgan fingerprint density at radius 1 is 0.152 bits per heavy atom. The molecule has 0 saturated carbocycles. The fourth-order valence-electron chi connectivity index (χ4n) is 15.4. The summed E-state index contributed by atoms with van der Waals surface area (Å²) in [6.07, 6.45) is 9.10. The molecular formula is C100H60N12. The van der Waals surface area contributed by atoms with Gasteiger partial charge in [0.15, 0.2) is 5.82 Å². The van der Waals surface area contributed by atoms with Gasteiger partial charge < -0.3 is 0 Å². The van der Waals surface area contributed by atoms with E-state index >= 15 is 0 Å². The highest BCUT2D eigenvalue weighted by atomic mass is 14.9. The Kier molecular flexibility index (Phi) is 15.9. The van der Waals surface area contributed by atoms with Crippen LogP contribution in [0.25, 0.3) is 221 Å². The summed E-state index contributed by atoms with van der Waals surface area (Å²) >= 11 is 0. The Hall–Kier alpha value is -15.4. The second kappa shape index (κ2) is 27.4. The average molecular weight is 1430 g/mol. The van der Waals surface area contributed by atoms with E-state index in [9.17, 15) is 0 Å². The quantitative estimate of drug-likeness (QED) is 0.120. The van der Waals surface area contributed by atoms with Crippen molar-refractivity contribution in [3.05, 3.63) is 365 Å². The smallest absolute Gasteiger partial charge is 0.160 e. The van der Waals surface area contributed by atoms with Crippen LogP contribution in [0.1, 0.15) is 0 Å². The predicted octanol–water partition coefficient (Wildman–Crippen LogP) is 24.3. The molecule has 11 heterocycles. The predicted molar refractivity (Wildman–Crippen MR) is 456 cm³/mol. The van der Waals surface area contributed by atoms with Gasteiger partial charge in [-0.15, -0.1) is 0 Å². The van der Waals surface area contributed by atoms with Gasteiger partial charge in [-0.25, -0.2) is 34.9 Å². The van der Waals surface area contributed by atoms with Crippen LogP contribution in [-0.2, 0) is 0 Å². The van der Waals surface area contributed by atoms with E-state index in [1.165, 1.54) is 0 Å². The fraction of sp³-hybridized carbons (Fsp3) is 0. The van der Waals surface area contributed by atoms with Crippen LogP contribution < -0.4 is 0 Å². The van der Waals surface area contributed by atoms with Gasteiger partial charge in [-0.3, -0.25) is 24.9 Å². The van der Waals surface area contributed by atoms with Gasteiger partial charge in [0.25, 0.3) is 0 Å². The summed E-state index contributed by atoms with van der Waals surface area (Å²) in [4.78, 5) is 58.8. The first-order valence-corrected chi connectivity index (χ1v) is 37.2. The lowest BCUT2D eigenvalue weighted by molar-refractivity contribution is 1.18. The van der Waals surface area contributed by atoms with Crippen molar-refractivity contribution >= 4 is 109 Å². The van der Waals surface area contributed by atoms with Gasteiger partial charge >= 0.3 is 0 Å². The number of fused-ring (bicyclic) bond motifs is 13. The summed E-state index contributed by atoms with van der Waals surface area (Å²) in [7, 11) is 0. The maximum absolute atomic E-state index is 5.19. The van der Waals surface area contributed by atoms with E-state index in [1.54, 1.807) is 0 Å². The normalized spacial score (nSPS) is 11.6. The van der Waals surface area contributed by atoms with Gasteiger partial charge in [-0.05, 0) is 144 Å². The molecule has 12 nitrogen and oxygen atoms in total. The molecule has 0 bridgehead atoms. The summed E-state index contributed by atoms with van der Waals surface area (Å²) in [5.74, 6) is 0.701. The highest BCUT2D eigenvalue weighted by molar-refractivity contribution is 6.12. The SMILES string of the molecule is c1cc(-c2ccc3cc(-c4ccc5ccc(-c6cc7cccnc7c7ncccc67)nc5c4)ccc3n2)cc(-c2ccc3ccc4cccnc4c3n2)c1.c1ccc(-c2cc(-c3ccc(-c4ccc5cc(-c6ccc7ccc(-c8cc9cccnc9c9ncccc89)nc7c6)ccc5n4)cc3)nc(-c3ccccc3)n2)cc1. The third-order valence-electron chi connectivity index (χ3n) is 21.1. The van der Waals surface area contributed by atoms with E-state index in [4.69, 9.17) is 44.9 Å². The lowest BCUT2D eigenvalue weighted by Crippen LogP contribution is -1.96. The molecule has 0 N–H and O–H groups in total. The third-order valence-corrected chi connectivity index (χ3v) is 21.1. The summed E-state index contributed by atoms with van der Waals surface area (Å²) in [6, 6.07) is 115. The minimum atomic E-state index is 0.701. The van der Waals surface area contributed by atoms with Crippen LogP contribution in [0.5, 0.6) is 0 Å². The van der Waals surface area contributed by atoms with Gasteiger partial charge in [0.2, 0.25) is 0 Å². The second-order valence-corrected chi connectivity index (χ2v) is 28.0. The maximum atomic E-state index is 5.19. The lowest BCUT2D eigenvalue weighted by Gasteiger charge is -2.11. The van der Waals surface area contributed by atoms with Crippen molar-refractivity contribution in [3.8, 4) is 112 Å². The topological polar surface area (TPSA) is 155 Å². The highest BCUT2D eigenvalue weighted by Gasteiger charge is 2.18. The number of hydrogen-bond acceptors (Lipinski definition) is 12. The Morgan fingerprint density at radius 3 is 1.04 bits per heavy atom. The maximum Gasteiger partial charge on any atom is 0.160 e. The minimum Gasteiger partial charge on any atom is -0.254 e. The van der Waals surface area contributed by atoms with Gasteiger partial charge in [0.05, 0.1) is 95.0 Å². The van der Waals surface area contributed by atoms with Crippen LogP contribution >= 0.6 is 0 Å². The van der Waals surface area contributed by atoms with Crippen molar-refractivity contribution in [1.82, 2.24) is 59.8 Å². The van der Waals surface area contributed by atoms with Gasteiger partial charge in [-0.2, -0.15) is 0 Å². The first kappa shape index (κ1) is 64.9. The largest absolute Gasteiger partial charge is 0.254 e. The third kappa shape index (κ3) is 12.1. The number of benzene rings is 11. The average Bonchev–Trinajstić information content (AvgIpc) is 0.760. The molecule has 22 rings (SSSR count). The minimum absolute atomic E-state index is 0.701. The molecule has 22 aromatic rings. The van der Waals surface area contributed by atoms with Gasteiger partial charge in [0, 0.05) is 129 Å². The molecular weight excluding hydrogens is 1370 g/mol. The zero-order valence-corrected chi connectivity index (χ0v) is 60.0. The molecule has 0 fully saturated rings.